The molecule has 0 unspecified atom stereocenters. The van der Waals surface area contributed by atoms with E-state index in [-0.39, 0.29) is 17.7 Å². The number of aryl methyl sites for hydroxylation is 1. The molecule has 28 heavy (non-hydrogen) atoms. The Bertz CT molecular complexity index is 965. The Morgan fingerprint density at radius 1 is 1.39 bits per heavy atom. The smallest absolute Gasteiger partial charge is 0.274 e. The first kappa shape index (κ1) is 18.5. The van der Waals surface area contributed by atoms with Gasteiger partial charge in [0, 0.05) is 29.1 Å². The molecule has 3 amide bonds. The first-order chi connectivity index (χ1) is 13.4. The summed E-state index contributed by atoms with van der Waals surface area (Å²) in [6, 6.07) is 5.27. The number of hydrogen-bond donors (Lipinski definition) is 2. The summed E-state index contributed by atoms with van der Waals surface area (Å²) in [4.78, 5) is 39.2. The van der Waals surface area contributed by atoms with E-state index in [0.29, 0.717) is 36.5 Å². The maximum absolute atomic E-state index is 12.8. The number of benzene rings is 1. The Labute approximate surface area is 166 Å². The van der Waals surface area contributed by atoms with Crippen LogP contribution in [0.25, 0.3) is 0 Å². The van der Waals surface area contributed by atoms with E-state index in [4.69, 9.17) is 4.52 Å². The van der Waals surface area contributed by atoms with E-state index in [2.05, 4.69) is 15.8 Å². The van der Waals surface area contributed by atoms with Gasteiger partial charge in [0.1, 0.15) is 6.26 Å². The Hall–Kier alpha value is -2.81. The topological polar surface area (TPSA) is 105 Å². The molecular formula is C19H20N4O4S. The molecule has 0 atom stereocenters. The monoisotopic (exact) mass is 400 g/mol. The number of thioether (sulfide) groups is 1. The van der Waals surface area contributed by atoms with Crippen molar-refractivity contribution in [3.63, 3.8) is 0 Å². The second-order valence-electron chi connectivity index (χ2n) is 7.27. The van der Waals surface area contributed by atoms with Crippen molar-refractivity contribution in [2.24, 2.45) is 0 Å². The van der Waals surface area contributed by atoms with Crippen molar-refractivity contribution in [1.82, 2.24) is 15.4 Å². The van der Waals surface area contributed by atoms with E-state index in [1.165, 1.54) is 18.0 Å². The molecule has 4 rings (SSSR count). The number of hydrogen-bond acceptors (Lipinski definition) is 6. The molecule has 2 aliphatic heterocycles. The summed E-state index contributed by atoms with van der Waals surface area (Å²) in [6.45, 7) is 4.66. The molecule has 2 N–H and O–H groups in total. The highest BCUT2D eigenvalue weighted by Gasteiger charge is 2.43. The van der Waals surface area contributed by atoms with E-state index >= 15 is 0 Å². The lowest BCUT2D eigenvalue weighted by Gasteiger charge is -2.48. The highest BCUT2D eigenvalue weighted by Crippen LogP contribution is 2.33. The number of amides is 3. The average Bonchev–Trinajstić information content (AvgIpc) is 3.14. The van der Waals surface area contributed by atoms with Crippen LogP contribution in [0.4, 0.5) is 5.69 Å². The van der Waals surface area contributed by atoms with E-state index in [9.17, 15) is 14.4 Å². The van der Waals surface area contributed by atoms with Gasteiger partial charge in [-0.25, -0.2) is 0 Å². The summed E-state index contributed by atoms with van der Waals surface area (Å²) in [5.74, 6) is -0.0757. The van der Waals surface area contributed by atoms with E-state index in [0.717, 1.165) is 16.1 Å². The molecule has 2 aromatic rings. The van der Waals surface area contributed by atoms with Gasteiger partial charge in [-0.05, 0) is 31.5 Å². The van der Waals surface area contributed by atoms with Crippen molar-refractivity contribution < 1.29 is 18.9 Å². The van der Waals surface area contributed by atoms with Crippen molar-refractivity contribution in [3.05, 3.63) is 41.3 Å². The van der Waals surface area contributed by atoms with E-state index in [1.54, 1.807) is 23.1 Å². The van der Waals surface area contributed by atoms with Gasteiger partial charge in [-0.3, -0.25) is 14.4 Å². The molecule has 0 bridgehead atoms. The lowest BCUT2D eigenvalue weighted by atomic mass is 9.91. The van der Waals surface area contributed by atoms with Crippen LogP contribution in [-0.2, 0) is 11.2 Å². The van der Waals surface area contributed by atoms with Crippen LogP contribution in [-0.4, -0.2) is 52.2 Å². The third kappa shape index (κ3) is 3.37. The van der Waals surface area contributed by atoms with Crippen molar-refractivity contribution in [2.75, 3.05) is 24.2 Å². The summed E-state index contributed by atoms with van der Waals surface area (Å²) in [6.07, 6.45) is 2.13. The number of rotatable bonds is 4. The molecule has 1 saturated heterocycles. The third-order valence-corrected chi connectivity index (χ3v) is 5.94. The van der Waals surface area contributed by atoms with Gasteiger partial charge < -0.3 is 20.1 Å². The van der Waals surface area contributed by atoms with E-state index < -0.39 is 5.54 Å². The molecule has 0 aliphatic carbocycles. The minimum absolute atomic E-state index is 0.0378. The fraction of sp³-hybridized carbons (Fsp3) is 0.368. The first-order valence-corrected chi connectivity index (χ1v) is 9.99. The number of anilines is 1. The van der Waals surface area contributed by atoms with E-state index in [1.807, 2.05) is 13.8 Å². The summed E-state index contributed by atoms with van der Waals surface area (Å²) in [5, 5.41) is 9.53. The second-order valence-corrected chi connectivity index (χ2v) is 8.28. The van der Waals surface area contributed by atoms with Crippen LogP contribution in [0.15, 0.2) is 33.9 Å². The number of aromatic nitrogens is 1. The van der Waals surface area contributed by atoms with Crippen molar-refractivity contribution in [1.29, 1.82) is 0 Å². The van der Waals surface area contributed by atoms with Crippen LogP contribution in [0, 0.1) is 0 Å². The molecule has 3 heterocycles. The normalized spacial score (nSPS) is 17.4. The fourth-order valence-electron chi connectivity index (χ4n) is 3.44. The summed E-state index contributed by atoms with van der Waals surface area (Å²) in [7, 11) is 0. The number of nitrogens with one attached hydrogen (secondary N) is 2. The highest BCUT2D eigenvalue weighted by atomic mass is 32.2. The van der Waals surface area contributed by atoms with Crippen molar-refractivity contribution >= 4 is 35.2 Å². The summed E-state index contributed by atoms with van der Waals surface area (Å²) < 4.78 is 4.89. The second kappa shape index (κ2) is 6.97. The van der Waals surface area contributed by atoms with Crippen molar-refractivity contribution in [2.45, 2.75) is 30.7 Å². The maximum atomic E-state index is 12.8. The van der Waals surface area contributed by atoms with Crippen LogP contribution in [0.5, 0.6) is 0 Å². The zero-order valence-corrected chi connectivity index (χ0v) is 16.4. The van der Waals surface area contributed by atoms with Gasteiger partial charge in [-0.1, -0.05) is 12.1 Å². The van der Waals surface area contributed by atoms with Crippen LogP contribution in [0.2, 0.25) is 0 Å². The summed E-state index contributed by atoms with van der Waals surface area (Å²) >= 11 is 1.42. The van der Waals surface area contributed by atoms with Gasteiger partial charge in [0.05, 0.1) is 17.0 Å². The SMILES string of the molecule is CCc1conc1C(=O)NC1(C)CN(C(=O)c2ccc3c(c2)SCC(=O)N3)C1. The summed E-state index contributed by atoms with van der Waals surface area (Å²) in [5.41, 5.74) is 1.85. The van der Waals surface area contributed by atoms with Gasteiger partial charge in [-0.15, -0.1) is 11.8 Å². The van der Waals surface area contributed by atoms with Gasteiger partial charge >= 0.3 is 0 Å². The standard InChI is InChI=1S/C19H20N4O4S/c1-3-11-7-27-22-16(11)17(25)21-19(2)9-23(10-19)18(26)12-4-5-13-14(6-12)28-8-15(24)20-13/h4-7H,3,8-10H2,1-2H3,(H,20,24)(H,21,25). The number of fused-ring (bicyclic) bond motifs is 1. The molecule has 1 fully saturated rings. The minimum atomic E-state index is -0.506. The third-order valence-electron chi connectivity index (χ3n) is 4.88. The van der Waals surface area contributed by atoms with Gasteiger partial charge in [0.15, 0.2) is 5.69 Å². The van der Waals surface area contributed by atoms with Crippen LogP contribution in [0.1, 0.15) is 40.3 Å². The largest absolute Gasteiger partial charge is 0.364 e. The maximum Gasteiger partial charge on any atom is 0.274 e. The molecule has 8 nitrogen and oxygen atoms in total. The lowest BCUT2D eigenvalue weighted by Crippen LogP contribution is -2.69. The molecular weight excluding hydrogens is 380 g/mol. The van der Waals surface area contributed by atoms with Crippen LogP contribution in [0.3, 0.4) is 0 Å². The Morgan fingerprint density at radius 3 is 2.93 bits per heavy atom. The molecule has 0 saturated carbocycles. The molecule has 0 spiro atoms. The lowest BCUT2D eigenvalue weighted by molar-refractivity contribution is -0.113. The Morgan fingerprint density at radius 2 is 2.18 bits per heavy atom. The zero-order chi connectivity index (χ0) is 19.9. The minimum Gasteiger partial charge on any atom is -0.364 e. The van der Waals surface area contributed by atoms with Crippen LogP contribution < -0.4 is 10.6 Å². The number of carbonyl (C=O) groups excluding carboxylic acids is 3. The predicted octanol–water partition coefficient (Wildman–Crippen LogP) is 1.93. The fourth-order valence-corrected chi connectivity index (χ4v) is 4.28. The Kier molecular flexibility index (Phi) is 4.62. The molecule has 2 aliphatic rings. The number of likely N-dealkylation sites (tertiary alicyclic amines) is 1. The Balaban J connectivity index is 1.40. The highest BCUT2D eigenvalue weighted by molar-refractivity contribution is 8.00. The molecule has 146 valence electrons. The molecule has 0 radical (unpaired) electrons. The average molecular weight is 400 g/mol. The molecule has 1 aromatic heterocycles. The molecule has 1 aromatic carbocycles. The predicted molar refractivity (Wildman–Crippen MR) is 103 cm³/mol. The van der Waals surface area contributed by atoms with Gasteiger partial charge in [-0.2, -0.15) is 0 Å². The van der Waals surface area contributed by atoms with Gasteiger partial charge in [0.2, 0.25) is 5.91 Å². The first-order valence-electron chi connectivity index (χ1n) is 9.00. The van der Waals surface area contributed by atoms with Gasteiger partial charge in [0.25, 0.3) is 11.8 Å². The molecule has 9 heteroatoms. The van der Waals surface area contributed by atoms with Crippen molar-refractivity contribution in [3.8, 4) is 0 Å². The zero-order valence-electron chi connectivity index (χ0n) is 15.6. The number of carbonyl (C=O) groups is 3. The quantitative estimate of drug-likeness (QED) is 0.813. The van der Waals surface area contributed by atoms with Crippen LogP contribution >= 0.6 is 11.8 Å². The number of nitrogens with zero attached hydrogens (tertiary/aromatic N) is 2.